The van der Waals surface area contributed by atoms with Crippen LogP contribution in [0.3, 0.4) is 0 Å². The molecule has 31 heavy (non-hydrogen) atoms. The summed E-state index contributed by atoms with van der Waals surface area (Å²) in [7, 11) is 0. The van der Waals surface area contributed by atoms with Crippen LogP contribution in [0.1, 0.15) is 32.2 Å². The monoisotopic (exact) mass is 424 g/mol. The Labute approximate surface area is 184 Å². The standard InChI is InChI=1S/C26H17ClN2O2/c27-18-12-10-16(11-13-18)22-23(24(30)17-6-2-1-3-7-17)26(22,15-28)25(31)20-14-29-21-9-5-4-8-19(20)21/h1-14,22-23,29H/t22-,23+,26+/m1/s1. The minimum atomic E-state index is -1.47. The van der Waals surface area contributed by atoms with Crippen molar-refractivity contribution in [2.45, 2.75) is 5.92 Å². The number of para-hydroxylation sites is 1. The van der Waals surface area contributed by atoms with Crippen molar-refractivity contribution in [2.75, 3.05) is 0 Å². The molecule has 5 rings (SSSR count). The Bertz CT molecular complexity index is 1350. The van der Waals surface area contributed by atoms with Crippen LogP contribution in [0.25, 0.3) is 10.9 Å². The van der Waals surface area contributed by atoms with Gasteiger partial charge in [0.05, 0.1) is 12.0 Å². The van der Waals surface area contributed by atoms with Crippen molar-refractivity contribution in [1.29, 1.82) is 5.26 Å². The van der Waals surface area contributed by atoms with E-state index in [0.29, 0.717) is 16.1 Å². The van der Waals surface area contributed by atoms with E-state index >= 15 is 0 Å². The highest BCUT2D eigenvalue weighted by Crippen LogP contribution is 2.67. The van der Waals surface area contributed by atoms with Crippen LogP contribution in [0.4, 0.5) is 0 Å². The van der Waals surface area contributed by atoms with Gasteiger partial charge in [0.2, 0.25) is 0 Å². The molecule has 4 aromatic rings. The normalized spacial score (nSPS) is 22.1. The summed E-state index contributed by atoms with van der Waals surface area (Å²) in [6.45, 7) is 0. The number of fused-ring (bicyclic) bond motifs is 1. The molecule has 1 fully saturated rings. The fourth-order valence-corrected chi connectivity index (χ4v) is 4.73. The first-order chi connectivity index (χ1) is 15.1. The third-order valence-electron chi connectivity index (χ3n) is 6.17. The smallest absolute Gasteiger partial charge is 0.186 e. The number of carbonyl (C=O) groups is 2. The van der Waals surface area contributed by atoms with Crippen LogP contribution in [0.15, 0.2) is 85.1 Å². The minimum Gasteiger partial charge on any atom is -0.360 e. The number of benzene rings is 3. The molecule has 1 aromatic heterocycles. The topological polar surface area (TPSA) is 73.7 Å². The molecule has 0 unspecified atom stereocenters. The molecule has 150 valence electrons. The zero-order valence-electron chi connectivity index (χ0n) is 16.4. The number of Topliss-reactive ketones (excluding diaryl/α,β-unsaturated/α-hetero) is 2. The average molecular weight is 425 g/mol. The van der Waals surface area contributed by atoms with Gasteiger partial charge in [-0.25, -0.2) is 0 Å². The lowest BCUT2D eigenvalue weighted by Gasteiger charge is -2.08. The van der Waals surface area contributed by atoms with Crippen LogP contribution in [-0.4, -0.2) is 16.6 Å². The number of aromatic amines is 1. The van der Waals surface area contributed by atoms with Gasteiger partial charge in [0.1, 0.15) is 5.41 Å². The van der Waals surface area contributed by atoms with Gasteiger partial charge in [-0.3, -0.25) is 9.59 Å². The van der Waals surface area contributed by atoms with E-state index in [0.717, 1.165) is 16.5 Å². The van der Waals surface area contributed by atoms with E-state index in [4.69, 9.17) is 11.6 Å². The molecule has 1 aliphatic rings. The second-order valence-electron chi connectivity index (χ2n) is 7.80. The van der Waals surface area contributed by atoms with Crippen LogP contribution in [-0.2, 0) is 0 Å². The highest BCUT2D eigenvalue weighted by atomic mass is 35.5. The number of aromatic nitrogens is 1. The Kier molecular flexibility index (Phi) is 4.50. The summed E-state index contributed by atoms with van der Waals surface area (Å²) >= 11 is 6.04. The molecule has 0 amide bonds. The minimum absolute atomic E-state index is 0.199. The number of halogens is 1. The molecule has 1 saturated carbocycles. The van der Waals surface area contributed by atoms with Crippen LogP contribution in [0.5, 0.6) is 0 Å². The number of nitrogens with one attached hydrogen (secondary N) is 1. The maximum Gasteiger partial charge on any atom is 0.186 e. The number of H-pyrrole nitrogens is 1. The van der Waals surface area contributed by atoms with Gasteiger partial charge in [-0.05, 0) is 23.8 Å². The van der Waals surface area contributed by atoms with Gasteiger partial charge in [-0.15, -0.1) is 0 Å². The third-order valence-corrected chi connectivity index (χ3v) is 6.42. The van der Waals surface area contributed by atoms with Gasteiger partial charge < -0.3 is 4.98 Å². The van der Waals surface area contributed by atoms with Crippen LogP contribution in [0, 0.1) is 22.7 Å². The number of nitrogens with zero attached hydrogens (tertiary/aromatic N) is 1. The number of rotatable bonds is 5. The van der Waals surface area contributed by atoms with Gasteiger partial charge in [0.25, 0.3) is 0 Å². The number of hydrogen-bond acceptors (Lipinski definition) is 3. The molecule has 3 atom stereocenters. The molecule has 4 nitrogen and oxygen atoms in total. The van der Waals surface area contributed by atoms with Crippen molar-refractivity contribution in [1.82, 2.24) is 4.98 Å². The Morgan fingerprint density at radius 1 is 0.935 bits per heavy atom. The second-order valence-corrected chi connectivity index (χ2v) is 8.23. The number of nitriles is 1. The molecule has 1 aliphatic carbocycles. The molecule has 1 heterocycles. The van der Waals surface area contributed by atoms with Crippen molar-refractivity contribution >= 4 is 34.1 Å². The Balaban J connectivity index is 1.64. The third kappa shape index (κ3) is 2.90. The predicted molar refractivity (Wildman–Crippen MR) is 119 cm³/mol. The zero-order chi connectivity index (χ0) is 21.6. The van der Waals surface area contributed by atoms with Crippen molar-refractivity contribution in [3.05, 3.63) is 107 Å². The average Bonchev–Trinajstić information content (AvgIpc) is 3.31. The first-order valence-electron chi connectivity index (χ1n) is 9.95. The van der Waals surface area contributed by atoms with Gasteiger partial charge in [0, 0.05) is 39.2 Å². The van der Waals surface area contributed by atoms with E-state index in [-0.39, 0.29) is 11.6 Å². The molecule has 5 heteroatoms. The van der Waals surface area contributed by atoms with Crippen molar-refractivity contribution < 1.29 is 9.59 Å². The predicted octanol–water partition coefficient (Wildman–Crippen LogP) is 5.81. The summed E-state index contributed by atoms with van der Waals surface area (Å²) in [4.78, 5) is 30.3. The number of carbonyl (C=O) groups excluding carboxylic acids is 2. The van der Waals surface area contributed by atoms with Gasteiger partial charge in [0.15, 0.2) is 11.6 Å². The van der Waals surface area contributed by atoms with Gasteiger partial charge in [-0.2, -0.15) is 5.26 Å². The fourth-order valence-electron chi connectivity index (χ4n) is 4.61. The van der Waals surface area contributed by atoms with Gasteiger partial charge in [-0.1, -0.05) is 72.3 Å². The molecule has 0 radical (unpaired) electrons. The molecular formula is C26H17ClN2O2. The van der Waals surface area contributed by atoms with Crippen molar-refractivity contribution in [2.24, 2.45) is 11.3 Å². The summed E-state index contributed by atoms with van der Waals surface area (Å²) in [6, 6.07) is 25.6. The van der Waals surface area contributed by atoms with Crippen LogP contribution >= 0.6 is 11.6 Å². The van der Waals surface area contributed by atoms with E-state index in [9.17, 15) is 14.9 Å². The summed E-state index contributed by atoms with van der Waals surface area (Å²) < 4.78 is 0. The van der Waals surface area contributed by atoms with Crippen molar-refractivity contribution in [3.8, 4) is 6.07 Å². The first-order valence-corrected chi connectivity index (χ1v) is 10.3. The lowest BCUT2D eigenvalue weighted by atomic mass is 9.89. The summed E-state index contributed by atoms with van der Waals surface area (Å²) in [6.07, 6.45) is 1.63. The number of hydrogen-bond donors (Lipinski definition) is 1. The lowest BCUT2D eigenvalue weighted by Crippen LogP contribution is -2.20. The SMILES string of the molecule is N#C[C@@]1(C(=O)c2c[nH]c3ccccc23)[C@H](C(=O)c2ccccc2)[C@H]1c1ccc(Cl)cc1. The van der Waals surface area contributed by atoms with Crippen LogP contribution in [0.2, 0.25) is 5.02 Å². The van der Waals surface area contributed by atoms with Crippen LogP contribution < -0.4 is 0 Å². The van der Waals surface area contributed by atoms with E-state index < -0.39 is 17.3 Å². The quantitative estimate of drug-likeness (QED) is 0.411. The van der Waals surface area contributed by atoms with E-state index in [2.05, 4.69) is 11.1 Å². The molecule has 3 aromatic carbocycles. The molecule has 0 aliphatic heterocycles. The molecule has 1 N–H and O–H groups in total. The maximum atomic E-state index is 13.8. The molecular weight excluding hydrogens is 408 g/mol. The van der Waals surface area contributed by atoms with Gasteiger partial charge >= 0.3 is 0 Å². The summed E-state index contributed by atoms with van der Waals surface area (Å²) in [5.41, 5.74) is 1.03. The first kappa shape index (κ1) is 19.3. The Morgan fingerprint density at radius 2 is 1.61 bits per heavy atom. The highest BCUT2D eigenvalue weighted by molar-refractivity contribution is 6.30. The summed E-state index contributed by atoms with van der Waals surface area (Å²) in [5, 5.41) is 11.6. The van der Waals surface area contributed by atoms with Crippen molar-refractivity contribution in [3.63, 3.8) is 0 Å². The van der Waals surface area contributed by atoms with E-state index in [1.165, 1.54) is 0 Å². The Morgan fingerprint density at radius 3 is 2.32 bits per heavy atom. The number of ketones is 2. The largest absolute Gasteiger partial charge is 0.360 e. The maximum absolute atomic E-state index is 13.8. The summed E-state index contributed by atoms with van der Waals surface area (Å²) in [5.74, 6) is -1.83. The fraction of sp³-hybridized carbons (Fsp3) is 0.115. The van der Waals surface area contributed by atoms with E-state index in [1.807, 2.05) is 30.3 Å². The zero-order valence-corrected chi connectivity index (χ0v) is 17.1. The van der Waals surface area contributed by atoms with E-state index in [1.54, 1.807) is 54.7 Å². The molecule has 0 spiro atoms. The second kappa shape index (κ2) is 7.23. The Hall–Kier alpha value is -3.68. The molecule has 0 bridgehead atoms. The lowest BCUT2D eigenvalue weighted by molar-refractivity contribution is 0.0875. The highest BCUT2D eigenvalue weighted by Gasteiger charge is 2.73. The molecule has 0 saturated heterocycles.